The fourth-order valence-electron chi connectivity index (χ4n) is 3.57. The molecule has 2 atom stereocenters. The van der Waals surface area contributed by atoms with Crippen molar-refractivity contribution >= 4 is 5.78 Å². The predicted molar refractivity (Wildman–Crippen MR) is 68.7 cm³/mol. The fraction of sp³-hybridized carbons (Fsp3) is 0.800. The van der Waals surface area contributed by atoms with E-state index in [2.05, 4.69) is 13.8 Å². The molecule has 0 bridgehead atoms. The van der Waals surface area contributed by atoms with Crippen molar-refractivity contribution in [1.82, 2.24) is 0 Å². The molecule has 0 aromatic heterocycles. The van der Waals surface area contributed by atoms with Gasteiger partial charge in [0.25, 0.3) is 0 Å². The maximum absolute atomic E-state index is 12.6. The molecule has 0 amide bonds. The summed E-state index contributed by atoms with van der Waals surface area (Å²) in [5, 5.41) is 10.6. The Morgan fingerprint density at radius 1 is 1.24 bits per heavy atom. The van der Waals surface area contributed by atoms with E-state index in [-0.39, 0.29) is 17.1 Å². The number of hydrogen-bond donors (Lipinski definition) is 1. The van der Waals surface area contributed by atoms with E-state index in [1.807, 2.05) is 13.8 Å². The number of aliphatic hydroxyl groups is 1. The second kappa shape index (κ2) is 3.94. The highest BCUT2D eigenvalue weighted by atomic mass is 16.3. The number of carbonyl (C=O) groups is 1. The minimum Gasteiger partial charge on any atom is -0.381 e. The average Bonchev–Trinajstić information content (AvgIpc) is 2.24. The zero-order chi connectivity index (χ0) is 12.8. The SMILES string of the molecule is CC1=C2C(=O)[C@](O)(C(C)C)CC[C@@]2(C)CCC1. The van der Waals surface area contributed by atoms with Crippen molar-refractivity contribution in [3.63, 3.8) is 0 Å². The summed E-state index contributed by atoms with van der Waals surface area (Å²) in [6, 6.07) is 0. The molecule has 1 N–H and O–H groups in total. The highest BCUT2D eigenvalue weighted by Crippen LogP contribution is 2.51. The Labute approximate surface area is 104 Å². The van der Waals surface area contributed by atoms with E-state index in [0.717, 1.165) is 24.8 Å². The summed E-state index contributed by atoms with van der Waals surface area (Å²) in [7, 11) is 0. The standard InChI is InChI=1S/C15H24O2/c1-10(2)15(17)9-8-14(4)7-5-6-11(3)12(14)13(15)16/h10,17H,5-9H2,1-4H3/t14-,15-/m1/s1. The summed E-state index contributed by atoms with van der Waals surface area (Å²) in [6.45, 7) is 8.15. The molecule has 2 nitrogen and oxygen atoms in total. The second-order valence-electron chi connectivity index (χ2n) is 6.48. The van der Waals surface area contributed by atoms with Crippen molar-refractivity contribution in [3.8, 4) is 0 Å². The molecule has 1 fully saturated rings. The van der Waals surface area contributed by atoms with Gasteiger partial charge in [-0.05, 0) is 50.4 Å². The summed E-state index contributed by atoms with van der Waals surface area (Å²) in [5.74, 6) is 0.0141. The molecule has 2 rings (SSSR count). The van der Waals surface area contributed by atoms with Crippen LogP contribution in [0.15, 0.2) is 11.1 Å². The van der Waals surface area contributed by atoms with Gasteiger partial charge in [-0.15, -0.1) is 0 Å². The molecule has 0 radical (unpaired) electrons. The maximum Gasteiger partial charge on any atom is 0.191 e. The van der Waals surface area contributed by atoms with Crippen molar-refractivity contribution in [3.05, 3.63) is 11.1 Å². The third kappa shape index (κ3) is 1.77. The van der Waals surface area contributed by atoms with E-state index in [9.17, 15) is 9.90 Å². The van der Waals surface area contributed by atoms with Gasteiger partial charge in [-0.2, -0.15) is 0 Å². The summed E-state index contributed by atoms with van der Waals surface area (Å²) in [5.41, 5.74) is 1.07. The molecule has 2 aliphatic rings. The van der Waals surface area contributed by atoms with Gasteiger partial charge in [0.1, 0.15) is 5.60 Å². The molecule has 0 unspecified atom stereocenters. The van der Waals surface area contributed by atoms with E-state index < -0.39 is 5.60 Å². The van der Waals surface area contributed by atoms with Crippen molar-refractivity contribution in [2.24, 2.45) is 11.3 Å². The normalized spacial score (nSPS) is 38.6. The summed E-state index contributed by atoms with van der Waals surface area (Å²) < 4.78 is 0. The molecule has 0 spiro atoms. The van der Waals surface area contributed by atoms with Crippen LogP contribution < -0.4 is 0 Å². The number of Topliss-reactive ketones (excluding diaryl/α,β-unsaturated/α-hetero) is 1. The van der Waals surface area contributed by atoms with Gasteiger partial charge < -0.3 is 5.11 Å². The first kappa shape index (κ1) is 12.8. The second-order valence-corrected chi connectivity index (χ2v) is 6.48. The molecule has 0 heterocycles. The number of fused-ring (bicyclic) bond motifs is 1. The number of ketones is 1. The third-order valence-corrected chi connectivity index (χ3v) is 4.94. The van der Waals surface area contributed by atoms with Gasteiger partial charge in [-0.1, -0.05) is 26.3 Å². The largest absolute Gasteiger partial charge is 0.381 e. The van der Waals surface area contributed by atoms with Crippen LogP contribution in [-0.4, -0.2) is 16.5 Å². The fourth-order valence-corrected chi connectivity index (χ4v) is 3.57. The Morgan fingerprint density at radius 2 is 1.88 bits per heavy atom. The molecular weight excluding hydrogens is 212 g/mol. The van der Waals surface area contributed by atoms with Crippen LogP contribution in [0.5, 0.6) is 0 Å². The third-order valence-electron chi connectivity index (χ3n) is 4.94. The van der Waals surface area contributed by atoms with Crippen molar-refractivity contribution in [1.29, 1.82) is 0 Å². The first-order valence-electron chi connectivity index (χ1n) is 6.79. The van der Waals surface area contributed by atoms with Crippen LogP contribution in [0.25, 0.3) is 0 Å². The van der Waals surface area contributed by atoms with Crippen molar-refractivity contribution in [2.75, 3.05) is 0 Å². The lowest BCUT2D eigenvalue weighted by atomic mass is 9.58. The summed E-state index contributed by atoms with van der Waals surface area (Å²) in [6.07, 6.45) is 4.86. The van der Waals surface area contributed by atoms with Gasteiger partial charge in [0.15, 0.2) is 5.78 Å². The van der Waals surface area contributed by atoms with Crippen LogP contribution >= 0.6 is 0 Å². The predicted octanol–water partition coefficient (Wildman–Crippen LogP) is 3.24. The van der Waals surface area contributed by atoms with Gasteiger partial charge in [0.05, 0.1) is 0 Å². The van der Waals surface area contributed by atoms with Gasteiger partial charge in [-0.3, -0.25) is 4.79 Å². The van der Waals surface area contributed by atoms with Gasteiger partial charge in [0, 0.05) is 5.57 Å². The Balaban J connectivity index is 2.47. The highest BCUT2D eigenvalue weighted by molar-refractivity contribution is 6.04. The number of allylic oxidation sites excluding steroid dienone is 1. The maximum atomic E-state index is 12.6. The average molecular weight is 236 g/mol. The Hall–Kier alpha value is -0.630. The molecule has 17 heavy (non-hydrogen) atoms. The van der Waals surface area contributed by atoms with Crippen molar-refractivity contribution < 1.29 is 9.90 Å². The minimum atomic E-state index is -1.12. The van der Waals surface area contributed by atoms with E-state index in [4.69, 9.17) is 0 Å². The molecule has 0 saturated heterocycles. The lowest BCUT2D eigenvalue weighted by Gasteiger charge is -2.47. The summed E-state index contributed by atoms with van der Waals surface area (Å²) in [4.78, 5) is 12.6. The number of rotatable bonds is 1. The smallest absolute Gasteiger partial charge is 0.191 e. The lowest BCUT2D eigenvalue weighted by molar-refractivity contribution is -0.145. The zero-order valence-corrected chi connectivity index (χ0v) is 11.5. The first-order valence-corrected chi connectivity index (χ1v) is 6.79. The Morgan fingerprint density at radius 3 is 2.47 bits per heavy atom. The van der Waals surface area contributed by atoms with Gasteiger partial charge >= 0.3 is 0 Å². The van der Waals surface area contributed by atoms with Crippen LogP contribution in [0.3, 0.4) is 0 Å². The Bertz CT molecular complexity index is 380. The van der Waals surface area contributed by atoms with Gasteiger partial charge in [-0.25, -0.2) is 0 Å². The quantitative estimate of drug-likeness (QED) is 0.759. The number of hydrogen-bond acceptors (Lipinski definition) is 2. The topological polar surface area (TPSA) is 37.3 Å². The molecule has 0 aromatic carbocycles. The molecule has 2 heteroatoms. The van der Waals surface area contributed by atoms with E-state index in [0.29, 0.717) is 6.42 Å². The molecule has 0 aliphatic heterocycles. The van der Waals surface area contributed by atoms with E-state index in [1.54, 1.807) is 0 Å². The first-order chi connectivity index (χ1) is 7.81. The molecular formula is C15H24O2. The summed E-state index contributed by atoms with van der Waals surface area (Å²) >= 11 is 0. The Kier molecular flexibility index (Phi) is 2.97. The molecule has 2 aliphatic carbocycles. The number of carbonyl (C=O) groups excluding carboxylic acids is 1. The van der Waals surface area contributed by atoms with Crippen LogP contribution in [-0.2, 0) is 4.79 Å². The van der Waals surface area contributed by atoms with Gasteiger partial charge in [0.2, 0.25) is 0 Å². The molecule has 1 saturated carbocycles. The minimum absolute atomic E-state index is 0.00164. The molecule has 0 aromatic rings. The molecule has 96 valence electrons. The zero-order valence-electron chi connectivity index (χ0n) is 11.5. The van der Waals surface area contributed by atoms with Crippen LogP contribution in [0.2, 0.25) is 0 Å². The van der Waals surface area contributed by atoms with E-state index >= 15 is 0 Å². The van der Waals surface area contributed by atoms with Crippen molar-refractivity contribution in [2.45, 2.75) is 65.4 Å². The lowest BCUT2D eigenvalue weighted by Crippen LogP contribution is -2.52. The van der Waals surface area contributed by atoms with Crippen LogP contribution in [0, 0.1) is 11.3 Å². The van der Waals surface area contributed by atoms with E-state index in [1.165, 1.54) is 12.0 Å². The van der Waals surface area contributed by atoms with Crippen LogP contribution in [0.4, 0.5) is 0 Å². The highest BCUT2D eigenvalue weighted by Gasteiger charge is 2.51. The van der Waals surface area contributed by atoms with Crippen LogP contribution in [0.1, 0.15) is 59.8 Å². The monoisotopic (exact) mass is 236 g/mol.